The number of carbonyl (C=O) groups excluding carboxylic acids is 1. The van der Waals surface area contributed by atoms with Crippen molar-refractivity contribution in [2.45, 2.75) is 26.7 Å². The van der Waals surface area contributed by atoms with Crippen molar-refractivity contribution < 1.29 is 14.7 Å². The van der Waals surface area contributed by atoms with Crippen LogP contribution < -0.4 is 21.6 Å². The number of H-pyrrole nitrogens is 1. The molecule has 1 aromatic carbocycles. The summed E-state index contributed by atoms with van der Waals surface area (Å²) in [5.41, 5.74) is 1.79. The molecule has 1 aliphatic heterocycles. The molecule has 0 fully saturated rings. The summed E-state index contributed by atoms with van der Waals surface area (Å²) in [4.78, 5) is 43.3. The summed E-state index contributed by atoms with van der Waals surface area (Å²) in [6, 6.07) is 5.41. The summed E-state index contributed by atoms with van der Waals surface area (Å²) in [7, 11) is 0. The minimum absolute atomic E-state index is 0.0312. The molecular formula is C20H18ClN3O4. The number of hydrogen-bond donors (Lipinski definition) is 3. The minimum Gasteiger partial charge on any atom is -0.478 e. The number of benzene rings is 1. The molecule has 0 atom stereocenters. The number of carboxylic acids is 1. The van der Waals surface area contributed by atoms with Crippen LogP contribution in [-0.2, 0) is 0 Å². The van der Waals surface area contributed by atoms with Crippen molar-refractivity contribution in [1.82, 2.24) is 4.98 Å². The van der Waals surface area contributed by atoms with Gasteiger partial charge in [0, 0.05) is 10.9 Å². The zero-order chi connectivity index (χ0) is 20.4. The van der Waals surface area contributed by atoms with Gasteiger partial charge in [-0.15, -0.1) is 0 Å². The van der Waals surface area contributed by atoms with Gasteiger partial charge < -0.3 is 15.4 Å². The number of fused-ring (bicyclic) bond motifs is 1. The Morgan fingerprint density at radius 1 is 1.32 bits per heavy atom. The molecule has 28 heavy (non-hydrogen) atoms. The monoisotopic (exact) mass is 399 g/mol. The van der Waals surface area contributed by atoms with E-state index in [2.05, 4.69) is 15.3 Å². The van der Waals surface area contributed by atoms with Crippen molar-refractivity contribution in [3.05, 3.63) is 72.7 Å². The molecule has 7 nitrogen and oxygen atoms in total. The second-order valence-corrected chi connectivity index (χ2v) is 6.74. The first-order valence-electron chi connectivity index (χ1n) is 8.65. The number of hydrogen-bond acceptors (Lipinski definition) is 4. The van der Waals surface area contributed by atoms with Crippen molar-refractivity contribution in [3.63, 3.8) is 0 Å². The van der Waals surface area contributed by atoms with Gasteiger partial charge in [-0.2, -0.15) is 0 Å². The van der Waals surface area contributed by atoms with Crippen LogP contribution in [0.15, 0.2) is 45.3 Å². The Bertz CT molecular complexity index is 1190. The highest BCUT2D eigenvalue weighted by Crippen LogP contribution is 2.23. The summed E-state index contributed by atoms with van der Waals surface area (Å²) in [6.45, 7) is 3.92. The molecule has 1 amide bonds. The lowest BCUT2D eigenvalue weighted by Crippen LogP contribution is -2.38. The van der Waals surface area contributed by atoms with Gasteiger partial charge in [0.2, 0.25) is 0 Å². The highest BCUT2D eigenvalue weighted by atomic mass is 35.5. The van der Waals surface area contributed by atoms with E-state index in [0.717, 1.165) is 17.7 Å². The maximum absolute atomic E-state index is 12.6. The number of aromatic nitrogens is 1. The molecule has 0 radical (unpaired) electrons. The molecule has 0 spiro atoms. The van der Waals surface area contributed by atoms with E-state index in [1.807, 2.05) is 19.9 Å². The minimum atomic E-state index is -1.15. The van der Waals surface area contributed by atoms with Gasteiger partial charge in [-0.25, -0.2) is 9.79 Å². The number of amides is 1. The van der Waals surface area contributed by atoms with Gasteiger partial charge >= 0.3 is 5.97 Å². The molecular weight excluding hydrogens is 382 g/mol. The number of carboxylic acid groups (broad SMARTS) is 1. The average Bonchev–Trinajstić information content (AvgIpc) is 2.79. The van der Waals surface area contributed by atoms with Crippen LogP contribution in [0.2, 0.25) is 5.02 Å². The van der Waals surface area contributed by atoms with Gasteiger partial charge in [0.05, 0.1) is 16.3 Å². The van der Waals surface area contributed by atoms with E-state index in [1.54, 1.807) is 0 Å². The first kappa shape index (κ1) is 19.6. The first-order valence-corrected chi connectivity index (χ1v) is 9.03. The molecule has 3 N–H and O–H groups in total. The first-order chi connectivity index (χ1) is 13.3. The molecule has 0 saturated heterocycles. The van der Waals surface area contributed by atoms with Crippen molar-refractivity contribution >= 4 is 35.2 Å². The third-order valence-corrected chi connectivity index (χ3v) is 4.87. The highest BCUT2D eigenvalue weighted by molar-refractivity contribution is 6.34. The highest BCUT2D eigenvalue weighted by Gasteiger charge is 2.15. The number of rotatable bonds is 4. The Balaban J connectivity index is 2.00. The third kappa shape index (κ3) is 3.89. The van der Waals surface area contributed by atoms with E-state index >= 15 is 0 Å². The fraction of sp³-hybridized carbons (Fsp3) is 0.200. The van der Waals surface area contributed by atoms with Crippen LogP contribution in [0.25, 0.3) is 6.08 Å². The number of nitrogens with zero attached hydrogens (tertiary/aromatic N) is 1. The number of aromatic carboxylic acids is 1. The SMILES string of the molecule is CCC1=C(C)N=c2[nH]c(=O)c(C(=O)Nc3cc(C(=O)O)ccc3Cl)cc2=CC1. The number of pyridine rings is 1. The smallest absolute Gasteiger partial charge is 0.335 e. The van der Waals surface area contributed by atoms with Crippen LogP contribution in [0, 0.1) is 0 Å². The average molecular weight is 400 g/mol. The van der Waals surface area contributed by atoms with Gasteiger partial charge in [0.25, 0.3) is 11.5 Å². The van der Waals surface area contributed by atoms with Gasteiger partial charge in [0.15, 0.2) is 0 Å². The molecule has 0 unspecified atom stereocenters. The predicted molar refractivity (Wildman–Crippen MR) is 106 cm³/mol. The number of aromatic amines is 1. The van der Waals surface area contributed by atoms with Crippen LogP contribution in [0.3, 0.4) is 0 Å². The predicted octanol–water partition coefficient (Wildman–Crippen LogP) is 2.47. The summed E-state index contributed by atoms with van der Waals surface area (Å²) >= 11 is 6.04. The lowest BCUT2D eigenvalue weighted by atomic mass is 10.1. The lowest BCUT2D eigenvalue weighted by Gasteiger charge is -2.08. The quantitative estimate of drug-likeness (QED) is 0.733. The molecule has 0 saturated carbocycles. The van der Waals surface area contributed by atoms with Crippen molar-refractivity contribution in [2.24, 2.45) is 4.99 Å². The molecule has 3 rings (SSSR count). The number of allylic oxidation sites excluding steroid dienone is 2. The largest absolute Gasteiger partial charge is 0.478 e. The van der Waals surface area contributed by atoms with Gasteiger partial charge in [-0.3, -0.25) is 9.59 Å². The molecule has 2 heterocycles. The number of halogens is 1. The van der Waals surface area contributed by atoms with Crippen molar-refractivity contribution in [1.29, 1.82) is 0 Å². The Labute approximate surface area is 165 Å². The molecule has 144 valence electrons. The molecule has 8 heteroatoms. The maximum Gasteiger partial charge on any atom is 0.335 e. The van der Waals surface area contributed by atoms with Crippen LogP contribution >= 0.6 is 11.6 Å². The lowest BCUT2D eigenvalue weighted by molar-refractivity contribution is 0.0696. The molecule has 0 bridgehead atoms. The van der Waals surface area contributed by atoms with Crippen LogP contribution in [0.5, 0.6) is 0 Å². The molecule has 0 aliphatic carbocycles. The van der Waals surface area contributed by atoms with E-state index in [-0.39, 0.29) is 21.8 Å². The van der Waals surface area contributed by atoms with E-state index in [4.69, 9.17) is 16.7 Å². The molecule has 1 aliphatic rings. The van der Waals surface area contributed by atoms with Crippen molar-refractivity contribution in [3.8, 4) is 0 Å². The van der Waals surface area contributed by atoms with Crippen LogP contribution in [-0.4, -0.2) is 22.0 Å². The zero-order valence-electron chi connectivity index (χ0n) is 15.3. The van der Waals surface area contributed by atoms with E-state index < -0.39 is 17.4 Å². The van der Waals surface area contributed by atoms with Crippen LogP contribution in [0.4, 0.5) is 5.69 Å². The van der Waals surface area contributed by atoms with Gasteiger partial charge in [-0.05, 0) is 49.6 Å². The van der Waals surface area contributed by atoms with E-state index in [0.29, 0.717) is 17.1 Å². The number of nitrogens with one attached hydrogen (secondary N) is 2. The molecule has 2 aromatic rings. The van der Waals surface area contributed by atoms with Crippen LogP contribution in [0.1, 0.15) is 47.4 Å². The second-order valence-electron chi connectivity index (χ2n) is 6.33. The summed E-state index contributed by atoms with van der Waals surface area (Å²) in [5.74, 6) is -1.84. The van der Waals surface area contributed by atoms with Gasteiger partial charge in [0.1, 0.15) is 11.1 Å². The Kier molecular flexibility index (Phi) is 5.46. The van der Waals surface area contributed by atoms with E-state index in [1.165, 1.54) is 24.3 Å². The fourth-order valence-electron chi connectivity index (χ4n) is 2.92. The van der Waals surface area contributed by atoms with Crippen molar-refractivity contribution in [2.75, 3.05) is 5.32 Å². The number of carbonyl (C=O) groups is 2. The Morgan fingerprint density at radius 2 is 2.07 bits per heavy atom. The normalized spacial score (nSPS) is 13.1. The summed E-state index contributed by atoms with van der Waals surface area (Å²) in [6.07, 6.45) is 3.44. The number of anilines is 1. The Hall–Kier alpha value is -3.19. The molecule has 1 aromatic heterocycles. The van der Waals surface area contributed by atoms with E-state index in [9.17, 15) is 14.4 Å². The maximum atomic E-state index is 12.6. The summed E-state index contributed by atoms with van der Waals surface area (Å²) in [5, 5.41) is 12.4. The standard InChI is InChI=1S/C20H18ClN3O4/c1-3-11-4-5-12-8-14(19(26)24-17(12)22-10(11)2)18(25)23-16-9-13(20(27)28)6-7-15(16)21/h5-9H,3-4H2,1-2H3,(H,23,25)(H,27,28)(H,22,24,26). The van der Waals surface area contributed by atoms with Gasteiger partial charge in [-0.1, -0.05) is 24.6 Å². The fourth-order valence-corrected chi connectivity index (χ4v) is 3.09. The zero-order valence-corrected chi connectivity index (χ0v) is 16.1. The third-order valence-electron chi connectivity index (χ3n) is 4.54. The Morgan fingerprint density at radius 3 is 2.75 bits per heavy atom. The second kappa shape index (κ2) is 7.82. The topological polar surface area (TPSA) is 112 Å². The summed E-state index contributed by atoms with van der Waals surface area (Å²) < 4.78 is 0.